The van der Waals surface area contributed by atoms with E-state index >= 15 is 0 Å². The second-order valence-electron chi connectivity index (χ2n) is 3.21. The predicted octanol–water partition coefficient (Wildman–Crippen LogP) is 1.84. The maximum atomic E-state index is 11.6. The lowest BCUT2D eigenvalue weighted by Gasteiger charge is -2.05. The summed E-state index contributed by atoms with van der Waals surface area (Å²) in [6.07, 6.45) is 2.65. The number of aliphatic carboxylic acids is 1. The number of hydrogen-bond acceptors (Lipinski definition) is 3. The number of benzene rings is 1. The van der Waals surface area contributed by atoms with Crippen molar-refractivity contribution in [2.45, 2.75) is 0 Å². The summed E-state index contributed by atoms with van der Waals surface area (Å²) in [7, 11) is 0. The van der Waals surface area contributed by atoms with Gasteiger partial charge in [0.15, 0.2) is 6.54 Å². The van der Waals surface area contributed by atoms with Gasteiger partial charge in [-0.25, -0.2) is 9.59 Å². The number of carboxylic acid groups (broad SMARTS) is 1. The quantitative estimate of drug-likeness (QED) is 0.281. The van der Waals surface area contributed by atoms with Crippen LogP contribution in [0.2, 0.25) is 0 Å². The van der Waals surface area contributed by atoms with Crippen LogP contribution in [0.25, 0.3) is 16.5 Å². The van der Waals surface area contributed by atoms with Crippen molar-refractivity contribution < 1.29 is 14.7 Å². The van der Waals surface area contributed by atoms with E-state index in [0.717, 1.165) is 11.6 Å². The molecule has 0 saturated heterocycles. The highest BCUT2D eigenvalue weighted by Crippen LogP contribution is 2.02. The first kappa shape index (κ1) is 13.3. The van der Waals surface area contributed by atoms with Gasteiger partial charge in [-0.1, -0.05) is 30.3 Å². The average molecular weight is 246 g/mol. The van der Waals surface area contributed by atoms with Crippen molar-refractivity contribution in [1.29, 1.82) is 0 Å². The van der Waals surface area contributed by atoms with Gasteiger partial charge < -0.3 is 5.11 Å². The van der Waals surface area contributed by atoms with Crippen LogP contribution in [-0.2, 0) is 9.59 Å². The van der Waals surface area contributed by atoms with Crippen molar-refractivity contribution in [3.8, 4) is 0 Å². The van der Waals surface area contributed by atoms with Crippen LogP contribution in [0.3, 0.4) is 0 Å². The number of carboxylic acids is 1. The van der Waals surface area contributed by atoms with Gasteiger partial charge in [0.05, 0.1) is 0 Å². The van der Waals surface area contributed by atoms with E-state index in [4.69, 9.17) is 10.6 Å². The molecule has 0 unspecified atom stereocenters. The average Bonchev–Trinajstić information content (AvgIpc) is 2.36. The van der Waals surface area contributed by atoms with Crippen molar-refractivity contribution in [2.75, 3.05) is 6.54 Å². The Hall–Kier alpha value is -2.79. The van der Waals surface area contributed by atoms with Gasteiger partial charge in [0.1, 0.15) is 0 Å². The molecule has 0 aromatic heterocycles. The fourth-order valence-electron chi connectivity index (χ4n) is 1.15. The van der Waals surface area contributed by atoms with E-state index in [-0.39, 0.29) is 0 Å². The Morgan fingerprint density at radius 3 is 2.61 bits per heavy atom. The van der Waals surface area contributed by atoms with Gasteiger partial charge in [0.25, 0.3) is 0 Å². The third-order valence-electron chi connectivity index (χ3n) is 1.91. The Balaban J connectivity index is 2.75. The summed E-state index contributed by atoms with van der Waals surface area (Å²) in [6, 6.07) is 8.98. The Labute approximate surface area is 103 Å². The summed E-state index contributed by atoms with van der Waals surface area (Å²) in [5.74, 6) is -1.96. The molecular weight excluding hydrogens is 236 g/mol. The van der Waals surface area contributed by atoms with Gasteiger partial charge in [-0.2, -0.15) is 9.92 Å². The second-order valence-corrected chi connectivity index (χ2v) is 3.21. The number of nitrogens with zero attached hydrogens (tertiary/aromatic N) is 4. The molecule has 92 valence electrons. The van der Waals surface area contributed by atoms with Crippen molar-refractivity contribution in [3.63, 3.8) is 0 Å². The molecule has 1 aromatic rings. The molecule has 0 saturated carbocycles. The highest BCUT2D eigenvalue weighted by Gasteiger charge is 2.17. The molecule has 1 amide bonds. The Morgan fingerprint density at radius 1 is 1.39 bits per heavy atom. The smallest absolute Gasteiger partial charge is 0.346 e. The summed E-state index contributed by atoms with van der Waals surface area (Å²) < 4.78 is 0. The van der Waals surface area contributed by atoms with Crippen LogP contribution in [0.5, 0.6) is 0 Å². The third-order valence-corrected chi connectivity index (χ3v) is 1.91. The zero-order valence-electron chi connectivity index (χ0n) is 9.30. The lowest BCUT2D eigenvalue weighted by Crippen LogP contribution is -2.29. The van der Waals surface area contributed by atoms with E-state index in [9.17, 15) is 9.59 Å². The molecule has 7 heteroatoms. The van der Waals surface area contributed by atoms with Crippen molar-refractivity contribution in [3.05, 3.63) is 52.4 Å². The summed E-state index contributed by atoms with van der Waals surface area (Å²) in [5, 5.41) is 12.1. The van der Waals surface area contributed by atoms with Crippen molar-refractivity contribution in [2.24, 2.45) is 5.22 Å². The molecule has 0 spiro atoms. The van der Waals surface area contributed by atoms with Gasteiger partial charge in [-0.05, 0) is 16.9 Å². The van der Waals surface area contributed by atoms with E-state index in [1.54, 1.807) is 24.3 Å². The van der Waals surface area contributed by atoms with Crippen LogP contribution in [0.4, 0.5) is 0 Å². The third kappa shape index (κ3) is 4.38. The van der Waals surface area contributed by atoms with Gasteiger partial charge >= 0.3 is 11.9 Å². The maximum Gasteiger partial charge on any atom is 0.346 e. The molecular formula is C11H10N4O3. The topological polar surface area (TPSA) is 106 Å². The summed E-state index contributed by atoms with van der Waals surface area (Å²) >= 11 is 0. The van der Waals surface area contributed by atoms with Gasteiger partial charge in [-0.15, -0.1) is 5.53 Å². The number of carbonyl (C=O) groups excluding carboxylic acids is 1. The zero-order chi connectivity index (χ0) is 13.4. The minimum Gasteiger partial charge on any atom is -0.478 e. The number of hydrogen-bond donors (Lipinski definition) is 1. The number of carbonyl (C=O) groups is 2. The molecule has 0 aliphatic heterocycles. The number of rotatable bonds is 5. The minimum atomic E-state index is -1.26. The first-order valence-corrected chi connectivity index (χ1v) is 4.95. The van der Waals surface area contributed by atoms with E-state index < -0.39 is 18.4 Å². The standard InChI is InChI=1S/C11H10N4O3/c12-13-14-15(8-11(17)18)10(16)7-6-9-4-2-1-3-5-9/h1-7H,8H2,(H,17,18)/b7-6+. The van der Waals surface area contributed by atoms with Crippen LogP contribution in [0.1, 0.15) is 5.56 Å². The molecule has 0 radical (unpaired) electrons. The Morgan fingerprint density at radius 2 is 2.06 bits per heavy atom. The van der Waals surface area contributed by atoms with Crippen LogP contribution >= 0.6 is 0 Å². The van der Waals surface area contributed by atoms with Gasteiger partial charge in [0.2, 0.25) is 0 Å². The fourth-order valence-corrected chi connectivity index (χ4v) is 1.15. The Bertz CT molecular complexity index is 506. The molecule has 0 bridgehead atoms. The molecule has 0 aliphatic rings. The molecule has 0 aliphatic carbocycles. The van der Waals surface area contributed by atoms with E-state index in [1.807, 2.05) is 6.07 Å². The summed E-state index contributed by atoms with van der Waals surface area (Å²) in [5.41, 5.74) is 9.01. The van der Waals surface area contributed by atoms with Gasteiger partial charge in [-0.3, -0.25) is 0 Å². The van der Waals surface area contributed by atoms with Crippen molar-refractivity contribution in [1.82, 2.24) is 5.01 Å². The molecule has 18 heavy (non-hydrogen) atoms. The summed E-state index contributed by atoms with van der Waals surface area (Å²) in [6.45, 7) is -0.679. The number of azide groups is 1. The van der Waals surface area contributed by atoms with Crippen LogP contribution in [0.15, 0.2) is 41.6 Å². The first-order valence-electron chi connectivity index (χ1n) is 4.95. The van der Waals surface area contributed by atoms with Crippen LogP contribution < -0.4 is 0 Å². The second kappa shape index (κ2) is 6.72. The van der Waals surface area contributed by atoms with Crippen LogP contribution in [-0.4, -0.2) is 28.5 Å². The first-order chi connectivity index (χ1) is 8.63. The van der Waals surface area contributed by atoms with E-state index in [1.165, 1.54) is 6.08 Å². The SMILES string of the molecule is [N-]=[N+]=NN(CC(=O)O)C(=O)/C=C/c1ccccc1. The lowest BCUT2D eigenvalue weighted by atomic mass is 10.2. The highest BCUT2D eigenvalue weighted by atomic mass is 16.4. The number of amides is 1. The lowest BCUT2D eigenvalue weighted by molar-refractivity contribution is -0.142. The highest BCUT2D eigenvalue weighted by molar-refractivity contribution is 5.93. The molecule has 1 rings (SSSR count). The normalized spacial score (nSPS) is 9.78. The molecule has 0 fully saturated rings. The zero-order valence-corrected chi connectivity index (χ0v) is 9.30. The van der Waals surface area contributed by atoms with Crippen LogP contribution in [0, 0.1) is 0 Å². The van der Waals surface area contributed by atoms with Crippen molar-refractivity contribution >= 4 is 18.0 Å². The van der Waals surface area contributed by atoms with Gasteiger partial charge in [0, 0.05) is 6.08 Å². The molecule has 0 heterocycles. The van der Waals surface area contributed by atoms with E-state index in [2.05, 4.69) is 10.1 Å². The molecule has 1 aromatic carbocycles. The fraction of sp³-hybridized carbons (Fsp3) is 0.0909. The monoisotopic (exact) mass is 246 g/mol. The molecule has 7 nitrogen and oxygen atoms in total. The largest absolute Gasteiger partial charge is 0.478 e. The maximum absolute atomic E-state index is 11.6. The Kier molecular flexibility index (Phi) is 4.96. The molecule has 1 N–H and O–H groups in total. The minimum absolute atomic E-state index is 0.530. The predicted molar refractivity (Wildman–Crippen MR) is 64.0 cm³/mol. The van der Waals surface area contributed by atoms with E-state index in [0.29, 0.717) is 5.01 Å². The molecule has 0 atom stereocenters. The summed E-state index contributed by atoms with van der Waals surface area (Å²) in [4.78, 5) is 24.4.